The van der Waals surface area contributed by atoms with Crippen molar-refractivity contribution in [1.82, 2.24) is 9.78 Å². The first kappa shape index (κ1) is 8.74. The SMILES string of the molecule is Cn1cc(-c2ccccc2I)cn1. The molecule has 0 saturated heterocycles. The van der Waals surface area contributed by atoms with Crippen LogP contribution in [0.3, 0.4) is 0 Å². The highest BCUT2D eigenvalue weighted by molar-refractivity contribution is 14.1. The van der Waals surface area contributed by atoms with Crippen molar-refractivity contribution < 1.29 is 0 Å². The van der Waals surface area contributed by atoms with E-state index in [9.17, 15) is 0 Å². The summed E-state index contributed by atoms with van der Waals surface area (Å²) in [6.07, 6.45) is 3.91. The van der Waals surface area contributed by atoms with Gasteiger partial charge < -0.3 is 0 Å². The van der Waals surface area contributed by atoms with Gasteiger partial charge in [0.2, 0.25) is 0 Å². The predicted molar refractivity (Wildman–Crippen MR) is 61.4 cm³/mol. The fourth-order valence-corrected chi connectivity index (χ4v) is 1.95. The quantitative estimate of drug-likeness (QED) is 0.736. The Balaban J connectivity index is 2.52. The van der Waals surface area contributed by atoms with Crippen molar-refractivity contribution in [2.75, 3.05) is 0 Å². The highest BCUT2D eigenvalue weighted by Crippen LogP contribution is 2.23. The first-order valence-corrected chi connectivity index (χ1v) is 5.09. The molecule has 0 atom stereocenters. The largest absolute Gasteiger partial charge is 0.275 e. The van der Waals surface area contributed by atoms with Gasteiger partial charge in [-0.3, -0.25) is 4.68 Å². The van der Waals surface area contributed by atoms with E-state index in [-0.39, 0.29) is 0 Å². The van der Waals surface area contributed by atoms with Crippen LogP contribution in [0.1, 0.15) is 0 Å². The second-order valence-electron chi connectivity index (χ2n) is 2.88. The average molecular weight is 284 g/mol. The summed E-state index contributed by atoms with van der Waals surface area (Å²) < 4.78 is 3.08. The Labute approximate surface area is 90.7 Å². The molecule has 0 N–H and O–H groups in total. The van der Waals surface area contributed by atoms with Crippen LogP contribution in [0.5, 0.6) is 0 Å². The molecule has 0 fully saturated rings. The van der Waals surface area contributed by atoms with Gasteiger partial charge in [-0.05, 0) is 34.2 Å². The van der Waals surface area contributed by atoms with Crippen molar-refractivity contribution in [1.29, 1.82) is 0 Å². The Hall–Kier alpha value is -0.840. The van der Waals surface area contributed by atoms with E-state index in [1.165, 1.54) is 14.7 Å². The number of aryl methyl sites for hydroxylation is 1. The summed E-state index contributed by atoms with van der Waals surface area (Å²) in [7, 11) is 1.93. The number of hydrogen-bond donors (Lipinski definition) is 0. The number of nitrogens with zero attached hydrogens (tertiary/aromatic N) is 2. The number of hydrogen-bond acceptors (Lipinski definition) is 1. The molecule has 2 rings (SSSR count). The van der Waals surface area contributed by atoms with E-state index in [1.807, 2.05) is 36.3 Å². The molecule has 0 radical (unpaired) electrons. The van der Waals surface area contributed by atoms with Crippen LogP contribution in [0.25, 0.3) is 11.1 Å². The van der Waals surface area contributed by atoms with Gasteiger partial charge in [0.25, 0.3) is 0 Å². The van der Waals surface area contributed by atoms with E-state index in [0.29, 0.717) is 0 Å². The van der Waals surface area contributed by atoms with E-state index < -0.39 is 0 Å². The van der Waals surface area contributed by atoms with Gasteiger partial charge in [-0.25, -0.2) is 0 Å². The summed E-state index contributed by atoms with van der Waals surface area (Å²) >= 11 is 2.34. The van der Waals surface area contributed by atoms with Crippen LogP contribution >= 0.6 is 22.6 Å². The molecule has 0 spiro atoms. The minimum Gasteiger partial charge on any atom is -0.275 e. The first-order valence-electron chi connectivity index (χ1n) is 4.01. The van der Waals surface area contributed by atoms with Gasteiger partial charge in [0.05, 0.1) is 6.20 Å². The molecule has 66 valence electrons. The molecule has 0 aliphatic heterocycles. The molecule has 0 aliphatic carbocycles. The molecular weight excluding hydrogens is 275 g/mol. The van der Waals surface area contributed by atoms with Gasteiger partial charge in [-0.15, -0.1) is 0 Å². The van der Waals surface area contributed by atoms with E-state index in [1.54, 1.807) is 0 Å². The summed E-state index contributed by atoms with van der Waals surface area (Å²) in [4.78, 5) is 0. The second kappa shape index (κ2) is 3.49. The normalized spacial score (nSPS) is 10.3. The van der Waals surface area contributed by atoms with Crippen LogP contribution < -0.4 is 0 Å². The lowest BCUT2D eigenvalue weighted by Crippen LogP contribution is -1.84. The van der Waals surface area contributed by atoms with Gasteiger partial charge in [0.1, 0.15) is 0 Å². The van der Waals surface area contributed by atoms with Gasteiger partial charge in [-0.2, -0.15) is 5.10 Å². The first-order chi connectivity index (χ1) is 6.27. The third-order valence-corrected chi connectivity index (χ3v) is 2.83. The van der Waals surface area contributed by atoms with Gasteiger partial charge in [0, 0.05) is 22.4 Å². The lowest BCUT2D eigenvalue weighted by atomic mass is 10.1. The zero-order valence-electron chi connectivity index (χ0n) is 7.24. The topological polar surface area (TPSA) is 17.8 Å². The van der Waals surface area contributed by atoms with Crippen LogP contribution in [0.15, 0.2) is 36.7 Å². The summed E-state index contributed by atoms with van der Waals surface area (Å²) in [5.41, 5.74) is 2.42. The number of halogens is 1. The fourth-order valence-electron chi connectivity index (χ4n) is 1.26. The Morgan fingerprint density at radius 1 is 1.31 bits per heavy atom. The summed E-state index contributed by atoms with van der Waals surface area (Å²) in [6.45, 7) is 0. The van der Waals surface area contributed by atoms with Crippen molar-refractivity contribution in [2.45, 2.75) is 0 Å². The van der Waals surface area contributed by atoms with E-state index in [0.717, 1.165) is 0 Å². The fraction of sp³-hybridized carbons (Fsp3) is 0.100. The third-order valence-electron chi connectivity index (χ3n) is 1.89. The minimum atomic E-state index is 1.17. The smallest absolute Gasteiger partial charge is 0.0568 e. The lowest BCUT2D eigenvalue weighted by Gasteiger charge is -1.99. The van der Waals surface area contributed by atoms with Crippen molar-refractivity contribution in [3.63, 3.8) is 0 Å². The molecule has 2 aromatic rings. The summed E-state index contributed by atoms with van der Waals surface area (Å²) in [5.74, 6) is 0. The molecule has 2 nitrogen and oxygen atoms in total. The molecule has 0 saturated carbocycles. The van der Waals surface area contributed by atoms with Crippen molar-refractivity contribution in [2.24, 2.45) is 7.05 Å². The number of aromatic nitrogens is 2. The third kappa shape index (κ3) is 1.75. The van der Waals surface area contributed by atoms with Gasteiger partial charge in [-0.1, -0.05) is 18.2 Å². The molecule has 1 heterocycles. The van der Waals surface area contributed by atoms with Crippen LogP contribution in [0, 0.1) is 3.57 Å². The Morgan fingerprint density at radius 3 is 2.69 bits per heavy atom. The van der Waals surface area contributed by atoms with Crippen LogP contribution in [0.4, 0.5) is 0 Å². The highest BCUT2D eigenvalue weighted by atomic mass is 127. The molecule has 1 aromatic heterocycles. The van der Waals surface area contributed by atoms with E-state index >= 15 is 0 Å². The summed E-state index contributed by atoms with van der Waals surface area (Å²) in [5, 5.41) is 4.15. The molecule has 0 amide bonds. The van der Waals surface area contributed by atoms with Crippen LogP contribution in [-0.2, 0) is 7.05 Å². The molecular formula is C10H9IN2. The maximum atomic E-state index is 4.15. The maximum absolute atomic E-state index is 4.15. The maximum Gasteiger partial charge on any atom is 0.0568 e. The molecule has 3 heteroatoms. The molecule has 0 aliphatic rings. The zero-order chi connectivity index (χ0) is 9.26. The average Bonchev–Trinajstić information content (AvgIpc) is 2.53. The van der Waals surface area contributed by atoms with E-state index in [2.05, 4.69) is 39.8 Å². The summed E-state index contributed by atoms with van der Waals surface area (Å²) in [6, 6.07) is 8.30. The van der Waals surface area contributed by atoms with Gasteiger partial charge >= 0.3 is 0 Å². The van der Waals surface area contributed by atoms with Crippen LogP contribution in [0.2, 0.25) is 0 Å². The Bertz CT molecular complexity index is 420. The van der Waals surface area contributed by atoms with Crippen molar-refractivity contribution >= 4 is 22.6 Å². The highest BCUT2D eigenvalue weighted by Gasteiger charge is 2.02. The van der Waals surface area contributed by atoms with Crippen molar-refractivity contribution in [3.8, 4) is 11.1 Å². The minimum absolute atomic E-state index is 1.17. The standard InChI is InChI=1S/C10H9IN2/c1-13-7-8(6-12-13)9-4-2-3-5-10(9)11/h2-7H,1H3. The van der Waals surface area contributed by atoms with Gasteiger partial charge in [0.15, 0.2) is 0 Å². The van der Waals surface area contributed by atoms with E-state index in [4.69, 9.17) is 0 Å². The molecule has 0 unspecified atom stereocenters. The molecule has 1 aromatic carbocycles. The Kier molecular flexibility index (Phi) is 2.35. The Morgan fingerprint density at radius 2 is 2.08 bits per heavy atom. The zero-order valence-corrected chi connectivity index (χ0v) is 9.39. The lowest BCUT2D eigenvalue weighted by molar-refractivity contribution is 0.768. The van der Waals surface area contributed by atoms with Crippen LogP contribution in [-0.4, -0.2) is 9.78 Å². The number of benzene rings is 1. The predicted octanol–water partition coefficient (Wildman–Crippen LogP) is 2.69. The monoisotopic (exact) mass is 284 g/mol. The van der Waals surface area contributed by atoms with Crippen molar-refractivity contribution in [3.05, 3.63) is 40.2 Å². The second-order valence-corrected chi connectivity index (χ2v) is 4.04. The number of rotatable bonds is 1. The molecule has 13 heavy (non-hydrogen) atoms. The molecule has 0 bridgehead atoms.